The van der Waals surface area contributed by atoms with E-state index in [-0.39, 0.29) is 29.2 Å². The molecule has 0 amide bonds. The van der Waals surface area contributed by atoms with Crippen LogP contribution in [0.15, 0.2) is 23.1 Å². The maximum absolute atomic E-state index is 12.9. The molecule has 2 aliphatic rings. The van der Waals surface area contributed by atoms with Crippen molar-refractivity contribution in [2.45, 2.75) is 37.6 Å². The molecule has 2 heterocycles. The molecule has 0 atom stereocenters. The van der Waals surface area contributed by atoms with Gasteiger partial charge in [-0.2, -0.15) is 4.31 Å². The van der Waals surface area contributed by atoms with Gasteiger partial charge in [-0.1, -0.05) is 0 Å². The Morgan fingerprint density at radius 1 is 1.03 bits per heavy atom. The molecule has 0 spiro atoms. The Balaban J connectivity index is 1.88. The number of morpholine rings is 1. The van der Waals surface area contributed by atoms with Gasteiger partial charge in [-0.3, -0.25) is 15.0 Å². The molecule has 0 radical (unpaired) electrons. The van der Waals surface area contributed by atoms with Crippen molar-refractivity contribution in [1.29, 1.82) is 0 Å². The van der Waals surface area contributed by atoms with E-state index in [9.17, 15) is 18.5 Å². The van der Waals surface area contributed by atoms with Crippen LogP contribution in [0.4, 0.5) is 11.4 Å². The molecular formula is C19H30N4O5S. The molecular weight excluding hydrogens is 396 g/mol. The number of nitrogens with zero attached hydrogens (tertiary/aromatic N) is 4. The van der Waals surface area contributed by atoms with E-state index in [1.807, 2.05) is 4.90 Å². The first-order valence-electron chi connectivity index (χ1n) is 9.97. The van der Waals surface area contributed by atoms with Gasteiger partial charge in [-0.05, 0) is 39.3 Å². The molecule has 0 aromatic heterocycles. The van der Waals surface area contributed by atoms with Crippen molar-refractivity contribution in [2.75, 3.05) is 57.4 Å². The van der Waals surface area contributed by atoms with Crippen LogP contribution >= 0.6 is 0 Å². The fourth-order valence-electron chi connectivity index (χ4n) is 3.84. The van der Waals surface area contributed by atoms with Gasteiger partial charge in [-0.25, -0.2) is 8.42 Å². The molecule has 2 saturated heterocycles. The van der Waals surface area contributed by atoms with Gasteiger partial charge in [0.1, 0.15) is 5.69 Å². The summed E-state index contributed by atoms with van der Waals surface area (Å²) in [4.78, 5) is 15.6. The molecule has 29 heavy (non-hydrogen) atoms. The van der Waals surface area contributed by atoms with Crippen LogP contribution in [-0.4, -0.2) is 80.6 Å². The third kappa shape index (κ3) is 4.88. The average molecular weight is 427 g/mol. The molecule has 10 heteroatoms. The number of benzene rings is 1. The van der Waals surface area contributed by atoms with Gasteiger partial charge in [0.2, 0.25) is 10.0 Å². The van der Waals surface area contributed by atoms with E-state index < -0.39 is 14.9 Å². The van der Waals surface area contributed by atoms with E-state index in [0.29, 0.717) is 32.0 Å². The third-order valence-corrected chi connectivity index (χ3v) is 7.43. The number of anilines is 1. The van der Waals surface area contributed by atoms with Gasteiger partial charge >= 0.3 is 0 Å². The standard InChI is InChI=1S/C19H30N4O5S/c1-19(2,3)21-8-4-7-20(9-10-21)17-6-5-16(15-18(17)23(24)25)29(26,27)22-11-13-28-14-12-22/h5-6,15H,4,7-14H2,1-3H3. The van der Waals surface area contributed by atoms with E-state index >= 15 is 0 Å². The van der Waals surface area contributed by atoms with Gasteiger partial charge in [0.25, 0.3) is 5.69 Å². The Hall–Kier alpha value is -1.75. The molecule has 0 saturated carbocycles. The lowest BCUT2D eigenvalue weighted by Crippen LogP contribution is -2.43. The molecule has 0 bridgehead atoms. The van der Waals surface area contributed by atoms with Crippen molar-refractivity contribution < 1.29 is 18.1 Å². The first kappa shape index (κ1) is 21.9. The molecule has 9 nitrogen and oxygen atoms in total. The lowest BCUT2D eigenvalue weighted by Gasteiger charge is -2.34. The van der Waals surface area contributed by atoms with Gasteiger partial charge in [-0.15, -0.1) is 0 Å². The zero-order valence-electron chi connectivity index (χ0n) is 17.3. The van der Waals surface area contributed by atoms with Crippen molar-refractivity contribution in [2.24, 2.45) is 0 Å². The second kappa shape index (κ2) is 8.55. The SMILES string of the molecule is CC(C)(C)N1CCCN(c2ccc(S(=O)(=O)N3CCOCC3)cc2[N+](=O)[O-])CC1. The maximum atomic E-state index is 12.9. The van der Waals surface area contributed by atoms with Crippen LogP contribution in [0.3, 0.4) is 0 Å². The minimum Gasteiger partial charge on any atom is -0.379 e. The molecule has 1 aromatic rings. The number of sulfonamides is 1. The summed E-state index contributed by atoms with van der Waals surface area (Å²) in [6, 6.07) is 4.27. The van der Waals surface area contributed by atoms with E-state index in [0.717, 1.165) is 19.5 Å². The zero-order valence-corrected chi connectivity index (χ0v) is 18.2. The molecule has 0 aliphatic carbocycles. The molecule has 2 fully saturated rings. The smallest absolute Gasteiger partial charge is 0.293 e. The van der Waals surface area contributed by atoms with Gasteiger partial charge in [0.05, 0.1) is 23.0 Å². The van der Waals surface area contributed by atoms with Crippen LogP contribution in [0.25, 0.3) is 0 Å². The molecule has 1 aromatic carbocycles. The van der Waals surface area contributed by atoms with Crippen molar-refractivity contribution in [1.82, 2.24) is 9.21 Å². The largest absolute Gasteiger partial charge is 0.379 e. The molecule has 2 aliphatic heterocycles. The number of nitro benzene ring substituents is 1. The summed E-state index contributed by atoms with van der Waals surface area (Å²) in [5, 5.41) is 11.8. The third-order valence-electron chi connectivity index (χ3n) is 5.54. The molecule has 162 valence electrons. The Kier molecular flexibility index (Phi) is 6.47. The Morgan fingerprint density at radius 3 is 2.34 bits per heavy atom. The normalized spacial score (nSPS) is 20.4. The fourth-order valence-corrected chi connectivity index (χ4v) is 5.27. The Morgan fingerprint density at radius 2 is 1.72 bits per heavy atom. The van der Waals surface area contributed by atoms with Gasteiger partial charge in [0, 0.05) is 50.9 Å². The summed E-state index contributed by atoms with van der Waals surface area (Å²) >= 11 is 0. The quantitative estimate of drug-likeness (QED) is 0.536. The van der Waals surface area contributed by atoms with Gasteiger partial charge < -0.3 is 9.64 Å². The van der Waals surface area contributed by atoms with E-state index in [2.05, 4.69) is 25.7 Å². The summed E-state index contributed by atoms with van der Waals surface area (Å²) < 4.78 is 32.3. The highest BCUT2D eigenvalue weighted by atomic mass is 32.2. The minimum atomic E-state index is -3.78. The first-order valence-corrected chi connectivity index (χ1v) is 11.4. The lowest BCUT2D eigenvalue weighted by molar-refractivity contribution is -0.384. The van der Waals surface area contributed by atoms with Crippen LogP contribution in [-0.2, 0) is 14.8 Å². The molecule has 0 unspecified atom stereocenters. The predicted molar refractivity (Wildman–Crippen MR) is 111 cm³/mol. The van der Waals surface area contributed by atoms with Gasteiger partial charge in [0.15, 0.2) is 0 Å². The highest BCUT2D eigenvalue weighted by Gasteiger charge is 2.31. The summed E-state index contributed by atoms with van der Waals surface area (Å²) in [7, 11) is -3.78. The van der Waals surface area contributed by atoms with Crippen LogP contribution in [0.1, 0.15) is 27.2 Å². The Bertz CT molecular complexity index is 847. The zero-order chi connectivity index (χ0) is 21.2. The number of nitro groups is 1. The topological polar surface area (TPSA) is 96.2 Å². The van der Waals surface area contributed by atoms with Crippen molar-refractivity contribution >= 4 is 21.4 Å². The monoisotopic (exact) mass is 426 g/mol. The average Bonchev–Trinajstić information content (AvgIpc) is 2.94. The number of hydrogen-bond donors (Lipinski definition) is 0. The summed E-state index contributed by atoms with van der Waals surface area (Å²) in [5.74, 6) is 0. The predicted octanol–water partition coefficient (Wildman–Crippen LogP) is 1.93. The van der Waals surface area contributed by atoms with Crippen LogP contribution in [0, 0.1) is 10.1 Å². The minimum absolute atomic E-state index is 0.0397. The second-order valence-electron chi connectivity index (χ2n) is 8.42. The van der Waals surface area contributed by atoms with E-state index in [4.69, 9.17) is 4.74 Å². The second-order valence-corrected chi connectivity index (χ2v) is 10.4. The lowest BCUT2D eigenvalue weighted by atomic mass is 10.1. The first-order chi connectivity index (χ1) is 13.6. The van der Waals surface area contributed by atoms with E-state index in [1.54, 1.807) is 6.07 Å². The van der Waals surface area contributed by atoms with Crippen LogP contribution in [0.5, 0.6) is 0 Å². The maximum Gasteiger partial charge on any atom is 0.293 e. The van der Waals surface area contributed by atoms with Crippen molar-refractivity contribution in [3.05, 3.63) is 28.3 Å². The highest BCUT2D eigenvalue weighted by Crippen LogP contribution is 2.33. The number of hydrogen-bond acceptors (Lipinski definition) is 7. The Labute approximate surface area is 172 Å². The van der Waals surface area contributed by atoms with Crippen LogP contribution in [0.2, 0.25) is 0 Å². The molecule has 3 rings (SSSR count). The fraction of sp³-hybridized carbons (Fsp3) is 0.684. The van der Waals surface area contributed by atoms with Crippen molar-refractivity contribution in [3.8, 4) is 0 Å². The summed E-state index contributed by atoms with van der Waals surface area (Å²) in [6.45, 7) is 10.7. The van der Waals surface area contributed by atoms with E-state index in [1.165, 1.54) is 16.4 Å². The summed E-state index contributed by atoms with van der Waals surface area (Å²) in [6.07, 6.45) is 0.891. The number of rotatable bonds is 4. The van der Waals surface area contributed by atoms with Crippen molar-refractivity contribution in [3.63, 3.8) is 0 Å². The summed E-state index contributed by atoms with van der Waals surface area (Å²) in [5.41, 5.74) is 0.355. The number of ether oxygens (including phenoxy) is 1. The highest BCUT2D eigenvalue weighted by molar-refractivity contribution is 7.89. The van der Waals surface area contributed by atoms with Crippen LogP contribution < -0.4 is 4.90 Å². The molecule has 0 N–H and O–H groups in total.